The number of ether oxygens (including phenoxy) is 3. The standard InChI is InChI=1S/C13H16Cl2O3/c1-16-9-6-5-8(13(17-2)12(9)15)11(14)10-4-3-7-18-10/h5-6,10-11H,3-4,7H2,1-2H3. The molecule has 1 aliphatic heterocycles. The average Bonchev–Trinajstić information content (AvgIpc) is 2.91. The van der Waals surface area contributed by atoms with Gasteiger partial charge in [0, 0.05) is 12.2 Å². The van der Waals surface area contributed by atoms with Crippen molar-refractivity contribution in [2.45, 2.75) is 24.3 Å². The van der Waals surface area contributed by atoms with Crippen molar-refractivity contribution in [3.05, 3.63) is 22.7 Å². The number of benzene rings is 1. The lowest BCUT2D eigenvalue weighted by atomic mass is 10.0. The van der Waals surface area contributed by atoms with Crippen molar-refractivity contribution < 1.29 is 14.2 Å². The molecule has 2 unspecified atom stereocenters. The van der Waals surface area contributed by atoms with Crippen LogP contribution in [0, 0.1) is 0 Å². The third-order valence-corrected chi connectivity index (χ3v) is 3.98. The smallest absolute Gasteiger partial charge is 0.146 e. The minimum Gasteiger partial charge on any atom is -0.495 e. The van der Waals surface area contributed by atoms with Gasteiger partial charge >= 0.3 is 0 Å². The molecule has 1 aliphatic rings. The first-order valence-corrected chi connectivity index (χ1v) is 6.66. The van der Waals surface area contributed by atoms with Crippen molar-refractivity contribution in [3.8, 4) is 11.5 Å². The fraction of sp³-hybridized carbons (Fsp3) is 0.538. The normalized spacial score (nSPS) is 20.8. The van der Waals surface area contributed by atoms with Crippen LogP contribution in [0.25, 0.3) is 0 Å². The molecule has 3 nitrogen and oxygen atoms in total. The molecule has 2 atom stereocenters. The Balaban J connectivity index is 2.34. The van der Waals surface area contributed by atoms with Crippen LogP contribution >= 0.6 is 23.2 Å². The lowest BCUT2D eigenvalue weighted by Crippen LogP contribution is -2.13. The number of alkyl halides is 1. The lowest BCUT2D eigenvalue weighted by molar-refractivity contribution is 0.107. The summed E-state index contributed by atoms with van der Waals surface area (Å²) < 4.78 is 16.1. The van der Waals surface area contributed by atoms with Gasteiger partial charge in [-0.3, -0.25) is 0 Å². The Bertz CT molecular complexity index is 417. The average molecular weight is 291 g/mol. The van der Waals surface area contributed by atoms with Crippen molar-refractivity contribution in [1.29, 1.82) is 0 Å². The molecule has 2 rings (SSSR count). The monoisotopic (exact) mass is 290 g/mol. The number of rotatable bonds is 4. The molecule has 0 radical (unpaired) electrons. The molecule has 1 aromatic carbocycles. The molecule has 1 saturated heterocycles. The van der Waals surface area contributed by atoms with Crippen LogP contribution in [0.4, 0.5) is 0 Å². The topological polar surface area (TPSA) is 27.7 Å². The van der Waals surface area contributed by atoms with Gasteiger partial charge in [-0.25, -0.2) is 0 Å². The molecular weight excluding hydrogens is 275 g/mol. The molecule has 100 valence electrons. The Morgan fingerprint density at radius 3 is 2.67 bits per heavy atom. The highest BCUT2D eigenvalue weighted by molar-refractivity contribution is 6.34. The first-order chi connectivity index (χ1) is 8.69. The van der Waals surface area contributed by atoms with Crippen LogP contribution in [0.1, 0.15) is 23.8 Å². The summed E-state index contributed by atoms with van der Waals surface area (Å²) in [5.74, 6) is 1.14. The van der Waals surface area contributed by atoms with Crippen molar-refractivity contribution in [2.24, 2.45) is 0 Å². The maximum Gasteiger partial charge on any atom is 0.146 e. The van der Waals surface area contributed by atoms with Gasteiger partial charge in [0.15, 0.2) is 0 Å². The molecule has 1 heterocycles. The zero-order valence-electron chi connectivity index (χ0n) is 10.4. The summed E-state index contributed by atoms with van der Waals surface area (Å²) in [4.78, 5) is 0. The number of hydrogen-bond acceptors (Lipinski definition) is 3. The van der Waals surface area contributed by atoms with Gasteiger partial charge in [0.1, 0.15) is 16.5 Å². The zero-order valence-corrected chi connectivity index (χ0v) is 11.9. The second-order valence-corrected chi connectivity index (χ2v) is 5.01. The van der Waals surface area contributed by atoms with Gasteiger partial charge in [0.05, 0.1) is 25.7 Å². The first-order valence-electron chi connectivity index (χ1n) is 5.85. The van der Waals surface area contributed by atoms with E-state index in [1.54, 1.807) is 20.3 Å². The third kappa shape index (κ3) is 2.53. The molecule has 0 bridgehead atoms. The Labute approximate surface area is 117 Å². The summed E-state index contributed by atoms with van der Waals surface area (Å²) in [6, 6.07) is 3.67. The second-order valence-electron chi connectivity index (χ2n) is 4.16. The molecule has 0 amide bonds. The largest absolute Gasteiger partial charge is 0.495 e. The number of methoxy groups -OCH3 is 2. The Kier molecular flexibility index (Phi) is 4.60. The van der Waals surface area contributed by atoms with E-state index in [0.717, 1.165) is 25.0 Å². The summed E-state index contributed by atoms with van der Waals surface area (Å²) >= 11 is 12.7. The van der Waals surface area contributed by atoms with Crippen LogP contribution < -0.4 is 9.47 Å². The van der Waals surface area contributed by atoms with E-state index in [1.807, 2.05) is 6.07 Å². The van der Waals surface area contributed by atoms with Crippen LogP contribution in [0.15, 0.2) is 12.1 Å². The Hall–Kier alpha value is -0.640. The van der Waals surface area contributed by atoms with E-state index in [9.17, 15) is 0 Å². The maximum atomic E-state index is 6.46. The van der Waals surface area contributed by atoms with Crippen molar-refractivity contribution in [2.75, 3.05) is 20.8 Å². The van der Waals surface area contributed by atoms with Gasteiger partial charge in [-0.2, -0.15) is 0 Å². The van der Waals surface area contributed by atoms with E-state index >= 15 is 0 Å². The minimum absolute atomic E-state index is 0.0185. The number of hydrogen-bond donors (Lipinski definition) is 0. The molecule has 0 N–H and O–H groups in total. The van der Waals surface area contributed by atoms with E-state index < -0.39 is 0 Å². The second kappa shape index (κ2) is 6.00. The van der Waals surface area contributed by atoms with Gasteiger partial charge in [-0.05, 0) is 25.0 Å². The third-order valence-electron chi connectivity index (χ3n) is 3.10. The van der Waals surface area contributed by atoms with Crippen LogP contribution in [-0.4, -0.2) is 26.9 Å². The fourth-order valence-corrected chi connectivity index (χ4v) is 2.87. The molecule has 0 aliphatic carbocycles. The first kappa shape index (κ1) is 13.8. The summed E-state index contributed by atoms with van der Waals surface area (Å²) in [5, 5.41) is 0.187. The van der Waals surface area contributed by atoms with Gasteiger partial charge in [0.25, 0.3) is 0 Å². The predicted octanol–water partition coefficient (Wildman–Crippen LogP) is 3.82. The molecule has 0 aromatic heterocycles. The van der Waals surface area contributed by atoms with Crippen molar-refractivity contribution in [3.63, 3.8) is 0 Å². The van der Waals surface area contributed by atoms with E-state index in [-0.39, 0.29) is 11.5 Å². The van der Waals surface area contributed by atoms with Gasteiger partial charge in [-0.15, -0.1) is 11.6 Å². The number of halogens is 2. The molecule has 18 heavy (non-hydrogen) atoms. The predicted molar refractivity (Wildman–Crippen MR) is 72.1 cm³/mol. The van der Waals surface area contributed by atoms with E-state index in [2.05, 4.69) is 0 Å². The van der Waals surface area contributed by atoms with Crippen LogP contribution in [-0.2, 0) is 4.74 Å². The summed E-state index contributed by atoms with van der Waals surface area (Å²) in [7, 11) is 3.14. The Morgan fingerprint density at radius 2 is 2.11 bits per heavy atom. The van der Waals surface area contributed by atoms with Crippen LogP contribution in [0.2, 0.25) is 5.02 Å². The summed E-state index contributed by atoms with van der Waals surface area (Å²) in [5.41, 5.74) is 0.844. The van der Waals surface area contributed by atoms with Crippen LogP contribution in [0.3, 0.4) is 0 Å². The molecule has 0 spiro atoms. The molecule has 1 fully saturated rings. The molecule has 1 aromatic rings. The highest BCUT2D eigenvalue weighted by Crippen LogP contribution is 2.43. The minimum atomic E-state index is -0.258. The molecule has 5 heteroatoms. The summed E-state index contributed by atoms with van der Waals surface area (Å²) in [6.07, 6.45) is 2.02. The van der Waals surface area contributed by atoms with E-state index in [0.29, 0.717) is 16.5 Å². The SMILES string of the molecule is COc1ccc(C(Cl)C2CCCO2)c(OC)c1Cl. The zero-order chi connectivity index (χ0) is 13.1. The highest BCUT2D eigenvalue weighted by atomic mass is 35.5. The van der Waals surface area contributed by atoms with E-state index in [4.69, 9.17) is 37.4 Å². The Morgan fingerprint density at radius 1 is 1.33 bits per heavy atom. The van der Waals surface area contributed by atoms with Crippen LogP contribution in [0.5, 0.6) is 11.5 Å². The fourth-order valence-electron chi connectivity index (χ4n) is 2.17. The van der Waals surface area contributed by atoms with Gasteiger partial charge in [-0.1, -0.05) is 11.6 Å². The van der Waals surface area contributed by atoms with Gasteiger partial charge in [0.2, 0.25) is 0 Å². The highest BCUT2D eigenvalue weighted by Gasteiger charge is 2.29. The van der Waals surface area contributed by atoms with Crippen molar-refractivity contribution in [1.82, 2.24) is 0 Å². The van der Waals surface area contributed by atoms with Crippen molar-refractivity contribution >= 4 is 23.2 Å². The van der Waals surface area contributed by atoms with E-state index in [1.165, 1.54) is 0 Å². The summed E-state index contributed by atoms with van der Waals surface area (Å²) in [6.45, 7) is 0.764. The lowest BCUT2D eigenvalue weighted by Gasteiger charge is -2.20. The maximum absolute atomic E-state index is 6.46. The quantitative estimate of drug-likeness (QED) is 0.789. The molecule has 0 saturated carbocycles. The molecular formula is C13H16Cl2O3. The van der Waals surface area contributed by atoms with Gasteiger partial charge < -0.3 is 14.2 Å².